The number of hydrogen-bond acceptors (Lipinski definition) is 4. The number of carbonyl (C=O) groups is 2. The summed E-state index contributed by atoms with van der Waals surface area (Å²) in [6.45, 7) is 1.69. The first-order valence-electron chi connectivity index (χ1n) is 7.86. The number of benzene rings is 2. The minimum Gasteiger partial charge on any atom is -0.497 e. The Bertz CT molecular complexity index is 740. The van der Waals surface area contributed by atoms with Gasteiger partial charge >= 0.3 is 0 Å². The van der Waals surface area contributed by atoms with Crippen LogP contribution in [0.5, 0.6) is 5.75 Å². The van der Waals surface area contributed by atoms with E-state index in [4.69, 9.17) is 4.74 Å². The molecule has 0 spiro atoms. The molecule has 0 saturated carbocycles. The third-order valence-corrected chi connectivity index (χ3v) is 3.44. The number of nitrogens with one attached hydrogen (secondary N) is 2. The molecule has 0 aromatic heterocycles. The minimum atomic E-state index is -0.380. The summed E-state index contributed by atoms with van der Waals surface area (Å²) in [7, 11) is 1.56. The largest absolute Gasteiger partial charge is 0.497 e. The standard InChI is InChI=1S/C19H21N3O3/c1-14(12-15-6-4-3-5-7-15)21-22-18(23)13-20-19(24)16-8-10-17(25-2)11-9-16/h3-11H,12-13H2,1-2H3,(H,20,24)(H,22,23)/b21-14-. The van der Waals surface area contributed by atoms with E-state index in [0.29, 0.717) is 17.7 Å². The molecule has 2 amide bonds. The number of methoxy groups -OCH3 is 1. The third kappa shape index (κ3) is 6.10. The Hall–Kier alpha value is -3.15. The average Bonchev–Trinajstić information content (AvgIpc) is 2.65. The zero-order chi connectivity index (χ0) is 18.1. The molecule has 0 bridgehead atoms. The van der Waals surface area contributed by atoms with Crippen molar-refractivity contribution in [1.82, 2.24) is 10.7 Å². The molecule has 130 valence electrons. The second-order valence-electron chi connectivity index (χ2n) is 5.46. The van der Waals surface area contributed by atoms with Gasteiger partial charge in [-0.2, -0.15) is 5.10 Å². The highest BCUT2D eigenvalue weighted by Crippen LogP contribution is 2.10. The highest BCUT2D eigenvalue weighted by molar-refractivity contribution is 5.96. The van der Waals surface area contributed by atoms with Gasteiger partial charge in [-0.1, -0.05) is 30.3 Å². The molecule has 0 fully saturated rings. The van der Waals surface area contributed by atoms with Crippen LogP contribution in [0.4, 0.5) is 0 Å². The molecule has 0 unspecified atom stereocenters. The highest BCUT2D eigenvalue weighted by atomic mass is 16.5. The molecular formula is C19H21N3O3. The average molecular weight is 339 g/mol. The van der Waals surface area contributed by atoms with Crippen molar-refractivity contribution < 1.29 is 14.3 Å². The quantitative estimate of drug-likeness (QED) is 0.599. The Labute approximate surface area is 146 Å². The van der Waals surface area contributed by atoms with Crippen LogP contribution in [-0.4, -0.2) is 31.2 Å². The van der Waals surface area contributed by atoms with Crippen LogP contribution in [0.1, 0.15) is 22.8 Å². The van der Waals surface area contributed by atoms with Gasteiger partial charge in [0.15, 0.2) is 0 Å². The lowest BCUT2D eigenvalue weighted by Crippen LogP contribution is -2.35. The maximum absolute atomic E-state index is 12.0. The zero-order valence-corrected chi connectivity index (χ0v) is 14.3. The van der Waals surface area contributed by atoms with Crippen molar-refractivity contribution in [1.29, 1.82) is 0 Å². The van der Waals surface area contributed by atoms with Gasteiger partial charge in [0.05, 0.1) is 13.7 Å². The fourth-order valence-electron chi connectivity index (χ4n) is 2.13. The number of hydrogen-bond donors (Lipinski definition) is 2. The summed E-state index contributed by atoms with van der Waals surface area (Å²) in [6, 6.07) is 16.5. The van der Waals surface area contributed by atoms with Crippen molar-refractivity contribution in [3.63, 3.8) is 0 Å². The van der Waals surface area contributed by atoms with Crippen LogP contribution in [-0.2, 0) is 11.2 Å². The number of rotatable bonds is 7. The first-order chi connectivity index (χ1) is 12.1. The molecule has 2 aromatic rings. The fraction of sp³-hybridized carbons (Fsp3) is 0.211. The van der Waals surface area contributed by atoms with Crippen LogP contribution in [0.25, 0.3) is 0 Å². The number of ether oxygens (including phenoxy) is 1. The molecular weight excluding hydrogens is 318 g/mol. The Morgan fingerprint density at radius 3 is 2.36 bits per heavy atom. The first kappa shape index (κ1) is 18.2. The van der Waals surface area contributed by atoms with E-state index in [1.807, 2.05) is 37.3 Å². The monoisotopic (exact) mass is 339 g/mol. The number of carbonyl (C=O) groups excluding carboxylic acids is 2. The van der Waals surface area contributed by atoms with Gasteiger partial charge in [0, 0.05) is 17.7 Å². The Balaban J connectivity index is 1.77. The lowest BCUT2D eigenvalue weighted by Gasteiger charge is -2.06. The van der Waals surface area contributed by atoms with Crippen LogP contribution in [0, 0.1) is 0 Å². The lowest BCUT2D eigenvalue weighted by molar-refractivity contribution is -0.120. The Morgan fingerprint density at radius 2 is 1.72 bits per heavy atom. The predicted molar refractivity (Wildman–Crippen MR) is 96.7 cm³/mol. The Morgan fingerprint density at radius 1 is 1.04 bits per heavy atom. The normalized spacial score (nSPS) is 10.9. The molecule has 0 aliphatic carbocycles. The summed E-state index contributed by atoms with van der Waals surface area (Å²) in [5, 5.41) is 6.59. The fourth-order valence-corrected chi connectivity index (χ4v) is 2.13. The summed E-state index contributed by atoms with van der Waals surface area (Å²) >= 11 is 0. The van der Waals surface area contributed by atoms with Gasteiger partial charge < -0.3 is 10.1 Å². The van der Waals surface area contributed by atoms with E-state index in [-0.39, 0.29) is 18.4 Å². The number of amides is 2. The van der Waals surface area contributed by atoms with Crippen LogP contribution >= 0.6 is 0 Å². The van der Waals surface area contributed by atoms with Gasteiger partial charge in [0.2, 0.25) is 0 Å². The second kappa shape index (κ2) is 9.22. The highest BCUT2D eigenvalue weighted by Gasteiger charge is 2.08. The van der Waals surface area contributed by atoms with Crippen molar-refractivity contribution in [2.75, 3.05) is 13.7 Å². The van der Waals surface area contributed by atoms with E-state index in [9.17, 15) is 9.59 Å². The maximum Gasteiger partial charge on any atom is 0.259 e. The van der Waals surface area contributed by atoms with E-state index in [2.05, 4.69) is 15.8 Å². The predicted octanol–water partition coefficient (Wildman–Crippen LogP) is 2.16. The molecule has 0 heterocycles. The Kier molecular flexibility index (Phi) is 6.71. The van der Waals surface area contributed by atoms with Gasteiger partial charge in [-0.05, 0) is 36.8 Å². The minimum absolute atomic E-state index is 0.146. The topological polar surface area (TPSA) is 79.8 Å². The van der Waals surface area contributed by atoms with E-state index in [0.717, 1.165) is 11.3 Å². The molecule has 2 N–H and O–H groups in total. The van der Waals surface area contributed by atoms with Crippen molar-refractivity contribution in [2.45, 2.75) is 13.3 Å². The van der Waals surface area contributed by atoms with Crippen LogP contribution < -0.4 is 15.5 Å². The zero-order valence-electron chi connectivity index (χ0n) is 14.3. The van der Waals surface area contributed by atoms with Gasteiger partial charge in [-0.15, -0.1) is 0 Å². The van der Waals surface area contributed by atoms with Crippen molar-refractivity contribution in [3.8, 4) is 5.75 Å². The number of hydrazone groups is 1. The van der Waals surface area contributed by atoms with E-state index < -0.39 is 0 Å². The van der Waals surface area contributed by atoms with Gasteiger partial charge in [-0.3, -0.25) is 9.59 Å². The molecule has 25 heavy (non-hydrogen) atoms. The molecule has 0 radical (unpaired) electrons. The summed E-state index contributed by atoms with van der Waals surface area (Å²) in [5.74, 6) is -0.0467. The summed E-state index contributed by atoms with van der Waals surface area (Å²) < 4.78 is 5.03. The molecule has 0 atom stereocenters. The molecule has 0 aliphatic heterocycles. The van der Waals surface area contributed by atoms with Crippen molar-refractivity contribution in [3.05, 3.63) is 65.7 Å². The van der Waals surface area contributed by atoms with Gasteiger partial charge in [0.25, 0.3) is 11.8 Å². The second-order valence-corrected chi connectivity index (χ2v) is 5.46. The van der Waals surface area contributed by atoms with E-state index in [1.54, 1.807) is 31.4 Å². The molecule has 2 aromatic carbocycles. The molecule has 0 aliphatic rings. The van der Waals surface area contributed by atoms with Crippen LogP contribution in [0.3, 0.4) is 0 Å². The first-order valence-corrected chi connectivity index (χ1v) is 7.86. The van der Waals surface area contributed by atoms with Crippen LogP contribution in [0.2, 0.25) is 0 Å². The maximum atomic E-state index is 12.0. The van der Waals surface area contributed by atoms with Gasteiger partial charge in [0.1, 0.15) is 5.75 Å². The van der Waals surface area contributed by atoms with E-state index in [1.165, 1.54) is 0 Å². The molecule has 2 rings (SSSR count). The third-order valence-electron chi connectivity index (χ3n) is 3.44. The lowest BCUT2D eigenvalue weighted by atomic mass is 10.1. The van der Waals surface area contributed by atoms with Crippen molar-refractivity contribution >= 4 is 17.5 Å². The SMILES string of the molecule is COc1ccc(C(=O)NCC(=O)N/N=C(/C)Cc2ccccc2)cc1. The molecule has 6 heteroatoms. The van der Waals surface area contributed by atoms with Crippen LogP contribution in [0.15, 0.2) is 59.7 Å². The summed E-state index contributed by atoms with van der Waals surface area (Å²) in [4.78, 5) is 23.7. The number of nitrogens with zero attached hydrogens (tertiary/aromatic N) is 1. The summed E-state index contributed by atoms with van der Waals surface area (Å²) in [5.41, 5.74) is 4.79. The molecule has 6 nitrogen and oxygen atoms in total. The smallest absolute Gasteiger partial charge is 0.259 e. The summed E-state index contributed by atoms with van der Waals surface area (Å²) in [6.07, 6.45) is 0.652. The van der Waals surface area contributed by atoms with E-state index >= 15 is 0 Å². The molecule has 0 saturated heterocycles. The van der Waals surface area contributed by atoms with Crippen molar-refractivity contribution in [2.24, 2.45) is 5.10 Å². The van der Waals surface area contributed by atoms with Gasteiger partial charge in [-0.25, -0.2) is 5.43 Å².